The van der Waals surface area contributed by atoms with Gasteiger partial charge >= 0.3 is 0 Å². The average molecular weight is 370 g/mol. The number of hydrogen-bond donors (Lipinski definition) is 1. The molecular formula is C15H14BrClN2O2. The van der Waals surface area contributed by atoms with Crippen LogP contribution < -0.4 is 5.32 Å². The standard InChI is InChI=1S/C15H14BrClN2O2/c1-10(11-3-6-14(17)7-4-11)18-9-12-2-5-13(16)8-15(12)19(20)21/h2-8,10,18H,9H2,1H3/t10-/m0/s1. The van der Waals surface area contributed by atoms with Crippen LogP contribution in [0, 0.1) is 10.1 Å². The van der Waals surface area contributed by atoms with Crippen LogP contribution in [0.2, 0.25) is 5.02 Å². The summed E-state index contributed by atoms with van der Waals surface area (Å²) in [5, 5.41) is 15.0. The van der Waals surface area contributed by atoms with E-state index in [-0.39, 0.29) is 16.7 Å². The number of nitrogens with zero attached hydrogens (tertiary/aromatic N) is 1. The summed E-state index contributed by atoms with van der Waals surface area (Å²) in [5.74, 6) is 0. The predicted molar refractivity (Wildman–Crippen MR) is 87.5 cm³/mol. The number of halogens is 2. The molecule has 0 unspecified atom stereocenters. The van der Waals surface area contributed by atoms with Gasteiger partial charge in [-0.3, -0.25) is 10.1 Å². The summed E-state index contributed by atoms with van der Waals surface area (Å²) in [6.45, 7) is 2.43. The molecule has 2 aromatic rings. The highest BCUT2D eigenvalue weighted by atomic mass is 79.9. The third kappa shape index (κ3) is 4.27. The molecule has 0 heterocycles. The molecule has 0 aliphatic carbocycles. The molecule has 0 fully saturated rings. The lowest BCUT2D eigenvalue weighted by molar-refractivity contribution is -0.385. The first-order chi connectivity index (χ1) is 9.97. The van der Waals surface area contributed by atoms with Crippen molar-refractivity contribution >= 4 is 33.2 Å². The Morgan fingerprint density at radius 2 is 1.95 bits per heavy atom. The monoisotopic (exact) mass is 368 g/mol. The second-order valence-electron chi connectivity index (χ2n) is 4.68. The Kier molecular flexibility index (Phi) is 5.33. The molecule has 0 bridgehead atoms. The minimum absolute atomic E-state index is 0.0746. The van der Waals surface area contributed by atoms with Crippen molar-refractivity contribution < 1.29 is 4.92 Å². The van der Waals surface area contributed by atoms with Crippen LogP contribution in [0.3, 0.4) is 0 Å². The summed E-state index contributed by atoms with van der Waals surface area (Å²) >= 11 is 9.11. The largest absolute Gasteiger partial charge is 0.306 e. The van der Waals surface area contributed by atoms with Gasteiger partial charge in [0, 0.05) is 33.7 Å². The molecule has 0 saturated carbocycles. The van der Waals surface area contributed by atoms with Crippen LogP contribution in [-0.4, -0.2) is 4.92 Å². The predicted octanol–water partition coefficient (Wildman–Crippen LogP) is 4.86. The van der Waals surface area contributed by atoms with E-state index in [1.54, 1.807) is 12.1 Å². The van der Waals surface area contributed by atoms with Gasteiger partial charge in [-0.05, 0) is 36.8 Å². The van der Waals surface area contributed by atoms with Crippen molar-refractivity contribution in [3.63, 3.8) is 0 Å². The Morgan fingerprint density at radius 3 is 2.57 bits per heavy atom. The maximum atomic E-state index is 11.1. The van der Waals surface area contributed by atoms with Gasteiger partial charge in [-0.15, -0.1) is 0 Å². The summed E-state index contributed by atoms with van der Waals surface area (Å²) in [4.78, 5) is 10.7. The van der Waals surface area contributed by atoms with Gasteiger partial charge in [0.05, 0.1) is 4.92 Å². The van der Waals surface area contributed by atoms with Gasteiger partial charge in [0.15, 0.2) is 0 Å². The lowest BCUT2D eigenvalue weighted by Crippen LogP contribution is -2.18. The second kappa shape index (κ2) is 7.02. The van der Waals surface area contributed by atoms with E-state index in [1.165, 1.54) is 6.07 Å². The summed E-state index contributed by atoms with van der Waals surface area (Å²) < 4.78 is 0.698. The minimum atomic E-state index is -0.366. The molecule has 0 amide bonds. The highest BCUT2D eigenvalue weighted by molar-refractivity contribution is 9.10. The average Bonchev–Trinajstić information content (AvgIpc) is 2.46. The topological polar surface area (TPSA) is 55.2 Å². The number of nitro groups is 1. The fraction of sp³-hybridized carbons (Fsp3) is 0.200. The number of benzene rings is 2. The third-order valence-corrected chi connectivity index (χ3v) is 3.96. The first-order valence-corrected chi connectivity index (χ1v) is 7.56. The maximum absolute atomic E-state index is 11.1. The second-order valence-corrected chi connectivity index (χ2v) is 6.04. The van der Waals surface area contributed by atoms with Crippen LogP contribution in [0.4, 0.5) is 5.69 Å². The lowest BCUT2D eigenvalue weighted by Gasteiger charge is -2.14. The van der Waals surface area contributed by atoms with Crippen molar-refractivity contribution in [3.8, 4) is 0 Å². The molecule has 0 saturated heterocycles. The molecule has 110 valence electrons. The Bertz CT molecular complexity index is 647. The summed E-state index contributed by atoms with van der Waals surface area (Å²) in [6, 6.07) is 12.7. The van der Waals surface area contributed by atoms with E-state index in [0.717, 1.165) is 5.56 Å². The van der Waals surface area contributed by atoms with E-state index in [4.69, 9.17) is 11.6 Å². The highest BCUT2D eigenvalue weighted by Crippen LogP contribution is 2.24. The fourth-order valence-electron chi connectivity index (χ4n) is 1.99. The van der Waals surface area contributed by atoms with Crippen molar-refractivity contribution in [2.45, 2.75) is 19.5 Å². The Morgan fingerprint density at radius 1 is 1.29 bits per heavy atom. The van der Waals surface area contributed by atoms with E-state index in [1.807, 2.05) is 31.2 Å². The summed E-state index contributed by atoms with van der Waals surface area (Å²) in [5.41, 5.74) is 1.85. The smallest absolute Gasteiger partial charge is 0.275 e. The SMILES string of the molecule is C[C@H](NCc1ccc(Br)cc1[N+](=O)[O-])c1ccc(Cl)cc1. The van der Waals surface area contributed by atoms with Crippen LogP contribution in [-0.2, 0) is 6.54 Å². The van der Waals surface area contributed by atoms with Crippen LogP contribution >= 0.6 is 27.5 Å². The fourth-order valence-corrected chi connectivity index (χ4v) is 2.46. The zero-order chi connectivity index (χ0) is 15.4. The first-order valence-electron chi connectivity index (χ1n) is 6.39. The maximum Gasteiger partial charge on any atom is 0.275 e. The molecular weight excluding hydrogens is 356 g/mol. The van der Waals surface area contributed by atoms with E-state index < -0.39 is 0 Å². The van der Waals surface area contributed by atoms with Gasteiger partial charge in [-0.2, -0.15) is 0 Å². The molecule has 1 N–H and O–H groups in total. The lowest BCUT2D eigenvalue weighted by atomic mass is 10.1. The molecule has 2 rings (SSSR count). The summed E-state index contributed by atoms with van der Waals surface area (Å²) in [7, 11) is 0. The zero-order valence-corrected chi connectivity index (χ0v) is 13.7. The van der Waals surface area contributed by atoms with E-state index >= 15 is 0 Å². The quantitative estimate of drug-likeness (QED) is 0.605. The molecule has 2 aromatic carbocycles. The van der Waals surface area contributed by atoms with Gasteiger partial charge in [0.1, 0.15) is 0 Å². The van der Waals surface area contributed by atoms with Gasteiger partial charge in [-0.1, -0.05) is 39.7 Å². The number of nitrogens with one attached hydrogen (secondary N) is 1. The highest BCUT2D eigenvalue weighted by Gasteiger charge is 2.15. The van der Waals surface area contributed by atoms with Crippen molar-refractivity contribution in [2.75, 3.05) is 0 Å². The van der Waals surface area contributed by atoms with Crippen molar-refractivity contribution in [2.24, 2.45) is 0 Å². The normalized spacial score (nSPS) is 12.1. The molecule has 0 aliphatic rings. The van der Waals surface area contributed by atoms with Crippen LogP contribution in [0.25, 0.3) is 0 Å². The van der Waals surface area contributed by atoms with E-state index in [2.05, 4.69) is 21.2 Å². The third-order valence-electron chi connectivity index (χ3n) is 3.21. The van der Waals surface area contributed by atoms with Crippen LogP contribution in [0.1, 0.15) is 24.1 Å². The molecule has 0 aliphatic heterocycles. The summed E-state index contributed by atoms with van der Waals surface area (Å²) in [6.07, 6.45) is 0. The zero-order valence-electron chi connectivity index (χ0n) is 11.3. The van der Waals surface area contributed by atoms with Crippen molar-refractivity contribution in [1.29, 1.82) is 0 Å². The number of rotatable bonds is 5. The number of hydrogen-bond acceptors (Lipinski definition) is 3. The molecule has 0 radical (unpaired) electrons. The van der Waals surface area contributed by atoms with Gasteiger partial charge in [-0.25, -0.2) is 0 Å². The molecule has 0 aromatic heterocycles. The van der Waals surface area contributed by atoms with E-state index in [0.29, 0.717) is 21.6 Å². The first kappa shape index (κ1) is 15.9. The van der Waals surface area contributed by atoms with Crippen LogP contribution in [0.5, 0.6) is 0 Å². The van der Waals surface area contributed by atoms with Crippen molar-refractivity contribution in [3.05, 3.63) is 73.2 Å². The van der Waals surface area contributed by atoms with Crippen molar-refractivity contribution in [1.82, 2.24) is 5.32 Å². The molecule has 0 spiro atoms. The van der Waals surface area contributed by atoms with Gasteiger partial charge in [0.2, 0.25) is 0 Å². The van der Waals surface area contributed by atoms with Crippen LogP contribution in [0.15, 0.2) is 46.9 Å². The Labute approximate surface area is 136 Å². The number of nitro benzene ring substituents is 1. The Balaban J connectivity index is 2.09. The molecule has 1 atom stereocenters. The molecule has 21 heavy (non-hydrogen) atoms. The Hall–Kier alpha value is -1.43. The minimum Gasteiger partial charge on any atom is -0.306 e. The molecule has 4 nitrogen and oxygen atoms in total. The van der Waals surface area contributed by atoms with Gasteiger partial charge in [0.25, 0.3) is 5.69 Å². The molecule has 6 heteroatoms. The van der Waals surface area contributed by atoms with E-state index in [9.17, 15) is 10.1 Å². The van der Waals surface area contributed by atoms with Gasteiger partial charge < -0.3 is 5.32 Å².